The third kappa shape index (κ3) is 10.6. The van der Waals surface area contributed by atoms with Gasteiger partial charge in [0.2, 0.25) is 0 Å². The van der Waals surface area contributed by atoms with Crippen LogP contribution >= 0.6 is 11.8 Å². The van der Waals surface area contributed by atoms with Crippen LogP contribution in [0.2, 0.25) is 0 Å². The fraction of sp³-hybridized carbons (Fsp3) is 1.00. The molecule has 0 aromatic heterocycles. The van der Waals surface area contributed by atoms with Gasteiger partial charge in [-0.15, -0.1) is 0 Å². The molecule has 0 radical (unpaired) electrons. The molecule has 0 saturated heterocycles. The molecule has 0 aromatic rings. The first-order chi connectivity index (χ1) is 7.20. The van der Waals surface area contributed by atoms with Crippen molar-refractivity contribution in [2.75, 3.05) is 44.2 Å². The zero-order valence-corrected chi connectivity index (χ0v) is 11.7. The molecule has 3 heteroatoms. The normalized spacial score (nSPS) is 11.6. The average molecular weight is 232 g/mol. The standard InChI is InChI=1S/C12H28N2S/c1-5-14(6-2)9-7-13-8-10-15-11-12(3)4/h12-13H,5-11H2,1-4H3. The van der Waals surface area contributed by atoms with E-state index in [0.717, 1.165) is 19.0 Å². The van der Waals surface area contributed by atoms with Crippen LogP contribution in [0.15, 0.2) is 0 Å². The van der Waals surface area contributed by atoms with Gasteiger partial charge in [0.05, 0.1) is 0 Å². The Balaban J connectivity index is 3.10. The van der Waals surface area contributed by atoms with E-state index in [2.05, 4.69) is 49.7 Å². The molecular weight excluding hydrogens is 204 g/mol. The van der Waals surface area contributed by atoms with Gasteiger partial charge in [-0.3, -0.25) is 0 Å². The molecule has 92 valence electrons. The summed E-state index contributed by atoms with van der Waals surface area (Å²) in [5, 5.41) is 3.50. The van der Waals surface area contributed by atoms with Crippen LogP contribution in [-0.2, 0) is 0 Å². The maximum Gasteiger partial charge on any atom is 0.0107 e. The Labute approximate surface area is 100 Å². The van der Waals surface area contributed by atoms with Crippen molar-refractivity contribution in [2.45, 2.75) is 27.7 Å². The molecule has 0 heterocycles. The summed E-state index contributed by atoms with van der Waals surface area (Å²) in [6.45, 7) is 14.8. The summed E-state index contributed by atoms with van der Waals surface area (Å²) in [5.41, 5.74) is 0. The summed E-state index contributed by atoms with van der Waals surface area (Å²) < 4.78 is 0. The van der Waals surface area contributed by atoms with Gasteiger partial charge in [-0.25, -0.2) is 0 Å². The van der Waals surface area contributed by atoms with Crippen LogP contribution < -0.4 is 5.32 Å². The van der Waals surface area contributed by atoms with E-state index in [0.29, 0.717) is 0 Å². The van der Waals surface area contributed by atoms with Gasteiger partial charge in [-0.2, -0.15) is 11.8 Å². The molecule has 0 bridgehead atoms. The highest BCUT2D eigenvalue weighted by atomic mass is 32.2. The second kappa shape index (κ2) is 10.8. The number of hydrogen-bond acceptors (Lipinski definition) is 3. The van der Waals surface area contributed by atoms with Crippen molar-refractivity contribution in [1.29, 1.82) is 0 Å². The van der Waals surface area contributed by atoms with Crippen molar-refractivity contribution in [2.24, 2.45) is 5.92 Å². The topological polar surface area (TPSA) is 15.3 Å². The molecule has 0 unspecified atom stereocenters. The molecule has 0 spiro atoms. The second-order valence-corrected chi connectivity index (χ2v) is 5.40. The Morgan fingerprint density at radius 3 is 2.33 bits per heavy atom. The van der Waals surface area contributed by atoms with Crippen molar-refractivity contribution < 1.29 is 0 Å². The van der Waals surface area contributed by atoms with E-state index >= 15 is 0 Å². The zero-order valence-electron chi connectivity index (χ0n) is 10.9. The smallest absolute Gasteiger partial charge is 0.0107 e. The van der Waals surface area contributed by atoms with Gasteiger partial charge >= 0.3 is 0 Å². The fourth-order valence-electron chi connectivity index (χ4n) is 1.37. The molecule has 0 aromatic carbocycles. The SMILES string of the molecule is CCN(CC)CCNCCSCC(C)C. The predicted octanol–water partition coefficient (Wildman–Crippen LogP) is 2.31. The van der Waals surface area contributed by atoms with Crippen LogP contribution in [0.5, 0.6) is 0 Å². The molecular formula is C12H28N2S. The lowest BCUT2D eigenvalue weighted by Gasteiger charge is -2.17. The summed E-state index contributed by atoms with van der Waals surface area (Å²) in [6.07, 6.45) is 0. The summed E-state index contributed by atoms with van der Waals surface area (Å²) >= 11 is 2.06. The number of nitrogens with one attached hydrogen (secondary N) is 1. The minimum Gasteiger partial charge on any atom is -0.315 e. The van der Waals surface area contributed by atoms with Gasteiger partial charge < -0.3 is 10.2 Å². The Kier molecular flexibility index (Phi) is 11.0. The Morgan fingerprint density at radius 2 is 1.80 bits per heavy atom. The average Bonchev–Trinajstić information content (AvgIpc) is 2.22. The summed E-state index contributed by atoms with van der Waals surface area (Å²) in [4.78, 5) is 2.45. The largest absolute Gasteiger partial charge is 0.315 e. The van der Waals surface area contributed by atoms with Crippen molar-refractivity contribution >= 4 is 11.8 Å². The molecule has 15 heavy (non-hydrogen) atoms. The minimum absolute atomic E-state index is 0.825. The van der Waals surface area contributed by atoms with Gasteiger partial charge in [0.15, 0.2) is 0 Å². The quantitative estimate of drug-likeness (QED) is 0.582. The first kappa shape index (κ1) is 15.3. The van der Waals surface area contributed by atoms with Gasteiger partial charge in [0.1, 0.15) is 0 Å². The number of rotatable bonds is 10. The highest BCUT2D eigenvalue weighted by Gasteiger charge is 1.97. The van der Waals surface area contributed by atoms with Crippen molar-refractivity contribution in [3.8, 4) is 0 Å². The monoisotopic (exact) mass is 232 g/mol. The van der Waals surface area contributed by atoms with Crippen LogP contribution in [-0.4, -0.2) is 49.1 Å². The third-order valence-electron chi connectivity index (χ3n) is 2.37. The van der Waals surface area contributed by atoms with E-state index in [9.17, 15) is 0 Å². The fourth-order valence-corrected chi connectivity index (χ4v) is 2.29. The van der Waals surface area contributed by atoms with E-state index in [1.807, 2.05) is 0 Å². The number of likely N-dealkylation sites (N-methyl/N-ethyl adjacent to an activating group) is 1. The molecule has 2 nitrogen and oxygen atoms in total. The van der Waals surface area contributed by atoms with Crippen LogP contribution in [0.3, 0.4) is 0 Å². The van der Waals surface area contributed by atoms with E-state index in [1.165, 1.54) is 31.1 Å². The second-order valence-electron chi connectivity index (χ2n) is 4.25. The third-order valence-corrected chi connectivity index (χ3v) is 3.77. The van der Waals surface area contributed by atoms with Crippen molar-refractivity contribution in [1.82, 2.24) is 10.2 Å². The summed E-state index contributed by atoms with van der Waals surface area (Å²) in [6, 6.07) is 0. The highest BCUT2D eigenvalue weighted by Crippen LogP contribution is 2.05. The summed E-state index contributed by atoms with van der Waals surface area (Å²) in [5.74, 6) is 3.36. The first-order valence-electron chi connectivity index (χ1n) is 6.21. The highest BCUT2D eigenvalue weighted by molar-refractivity contribution is 7.99. The molecule has 0 fully saturated rings. The lowest BCUT2D eigenvalue weighted by molar-refractivity contribution is 0.303. The van der Waals surface area contributed by atoms with Crippen LogP contribution in [0.4, 0.5) is 0 Å². The predicted molar refractivity (Wildman–Crippen MR) is 72.8 cm³/mol. The van der Waals surface area contributed by atoms with Crippen LogP contribution in [0, 0.1) is 5.92 Å². The lowest BCUT2D eigenvalue weighted by atomic mass is 10.3. The van der Waals surface area contributed by atoms with E-state index in [4.69, 9.17) is 0 Å². The van der Waals surface area contributed by atoms with Crippen LogP contribution in [0.25, 0.3) is 0 Å². The maximum absolute atomic E-state index is 3.50. The molecule has 0 amide bonds. The zero-order chi connectivity index (χ0) is 11.5. The Morgan fingerprint density at radius 1 is 1.13 bits per heavy atom. The molecule has 0 aliphatic heterocycles. The maximum atomic E-state index is 3.50. The molecule has 0 saturated carbocycles. The molecule has 1 N–H and O–H groups in total. The number of thioether (sulfide) groups is 1. The van der Waals surface area contributed by atoms with Crippen LogP contribution in [0.1, 0.15) is 27.7 Å². The molecule has 0 aliphatic rings. The van der Waals surface area contributed by atoms with Crippen molar-refractivity contribution in [3.63, 3.8) is 0 Å². The molecule has 0 aliphatic carbocycles. The van der Waals surface area contributed by atoms with Gasteiger partial charge in [0.25, 0.3) is 0 Å². The van der Waals surface area contributed by atoms with E-state index in [-0.39, 0.29) is 0 Å². The first-order valence-corrected chi connectivity index (χ1v) is 7.37. The number of nitrogens with zero attached hydrogens (tertiary/aromatic N) is 1. The van der Waals surface area contributed by atoms with Gasteiger partial charge in [-0.1, -0.05) is 27.7 Å². The van der Waals surface area contributed by atoms with E-state index in [1.54, 1.807) is 0 Å². The van der Waals surface area contributed by atoms with Gasteiger partial charge in [0, 0.05) is 25.4 Å². The summed E-state index contributed by atoms with van der Waals surface area (Å²) in [7, 11) is 0. The number of hydrogen-bond donors (Lipinski definition) is 1. The van der Waals surface area contributed by atoms with Crippen molar-refractivity contribution in [3.05, 3.63) is 0 Å². The Hall–Kier alpha value is 0.270. The van der Waals surface area contributed by atoms with Gasteiger partial charge in [-0.05, 0) is 24.8 Å². The Bertz CT molecular complexity index is 125. The lowest BCUT2D eigenvalue weighted by Crippen LogP contribution is -2.32. The molecule has 0 atom stereocenters. The van der Waals surface area contributed by atoms with E-state index < -0.39 is 0 Å². The molecule has 0 rings (SSSR count). The minimum atomic E-state index is 0.825.